The number of H-pyrrole nitrogens is 1. The van der Waals surface area contributed by atoms with E-state index in [1.165, 1.54) is 5.56 Å². The zero-order valence-corrected chi connectivity index (χ0v) is 20.5. The van der Waals surface area contributed by atoms with Gasteiger partial charge < -0.3 is 14.1 Å². The summed E-state index contributed by atoms with van der Waals surface area (Å²) in [6.45, 7) is 8.64. The molecule has 2 atom stereocenters. The van der Waals surface area contributed by atoms with Gasteiger partial charge in [0.2, 0.25) is 0 Å². The summed E-state index contributed by atoms with van der Waals surface area (Å²) in [5, 5.41) is 13.6. The fourth-order valence-electron chi connectivity index (χ4n) is 5.14. The molecule has 1 aliphatic heterocycles. The topological polar surface area (TPSA) is 102 Å². The lowest BCUT2D eigenvalue weighted by molar-refractivity contribution is 0.0488. The van der Waals surface area contributed by atoms with E-state index in [4.69, 9.17) is 9.15 Å². The number of hydrogen-bond acceptors (Lipinski definition) is 7. The predicted octanol–water partition coefficient (Wildman–Crippen LogP) is 3.91. The van der Waals surface area contributed by atoms with Crippen LogP contribution >= 0.6 is 0 Å². The van der Waals surface area contributed by atoms with Gasteiger partial charge in [-0.05, 0) is 78.8 Å². The van der Waals surface area contributed by atoms with Gasteiger partial charge >= 0.3 is 0 Å². The fraction of sp³-hybridized carbons (Fsp3) is 0.462. The third-order valence-electron chi connectivity index (χ3n) is 6.78. The molecule has 9 nitrogen and oxygen atoms in total. The number of nitrogens with zero attached hydrogens (tertiary/aromatic N) is 5. The summed E-state index contributed by atoms with van der Waals surface area (Å²) in [7, 11) is 0. The molecular formula is C26H32N6O3. The molecular weight excluding hydrogens is 444 g/mol. The maximum absolute atomic E-state index is 13.1. The van der Waals surface area contributed by atoms with Crippen molar-refractivity contribution >= 4 is 10.9 Å². The summed E-state index contributed by atoms with van der Waals surface area (Å²) in [6.07, 6.45) is 4.63. The number of nitrogens with one attached hydrogen (secondary N) is 1. The van der Waals surface area contributed by atoms with Crippen molar-refractivity contribution in [1.29, 1.82) is 0 Å². The number of hydrogen-bond donors (Lipinski definition) is 1. The Balaban J connectivity index is 1.50. The van der Waals surface area contributed by atoms with Crippen LogP contribution in [-0.4, -0.2) is 49.3 Å². The Kier molecular flexibility index (Phi) is 6.79. The molecule has 184 valence electrons. The highest BCUT2D eigenvalue weighted by molar-refractivity contribution is 5.82. The molecule has 1 N–H and O–H groups in total. The number of tetrazole rings is 1. The number of fused-ring (bicyclic) bond motifs is 1. The summed E-state index contributed by atoms with van der Waals surface area (Å²) in [4.78, 5) is 18.6. The van der Waals surface area contributed by atoms with Crippen molar-refractivity contribution < 1.29 is 9.15 Å². The fourth-order valence-corrected chi connectivity index (χ4v) is 5.14. The molecule has 3 aromatic heterocycles. The molecule has 4 heterocycles. The van der Waals surface area contributed by atoms with Crippen LogP contribution in [0.15, 0.2) is 45.8 Å². The molecule has 1 aliphatic rings. The van der Waals surface area contributed by atoms with E-state index in [1.54, 1.807) is 10.9 Å². The lowest BCUT2D eigenvalue weighted by Gasteiger charge is -2.32. The maximum Gasteiger partial charge on any atom is 0.252 e. The van der Waals surface area contributed by atoms with E-state index in [0.29, 0.717) is 19.6 Å². The summed E-state index contributed by atoms with van der Waals surface area (Å²) in [5.74, 6) is 1.54. The Bertz CT molecular complexity index is 1340. The first-order valence-electron chi connectivity index (χ1n) is 12.3. The van der Waals surface area contributed by atoms with Gasteiger partial charge in [-0.25, -0.2) is 4.68 Å². The Morgan fingerprint density at radius 3 is 2.91 bits per heavy atom. The van der Waals surface area contributed by atoms with Crippen LogP contribution in [0.1, 0.15) is 60.5 Å². The highest BCUT2D eigenvalue weighted by Crippen LogP contribution is 2.27. The summed E-state index contributed by atoms with van der Waals surface area (Å²) in [6, 6.07) is 9.92. The number of pyridine rings is 1. The third kappa shape index (κ3) is 5.06. The van der Waals surface area contributed by atoms with Crippen molar-refractivity contribution in [3.63, 3.8) is 0 Å². The molecule has 0 aliphatic carbocycles. The Hall–Kier alpha value is -3.30. The van der Waals surface area contributed by atoms with E-state index in [2.05, 4.69) is 51.4 Å². The maximum atomic E-state index is 13.1. The van der Waals surface area contributed by atoms with Gasteiger partial charge in [-0.2, -0.15) is 0 Å². The first kappa shape index (κ1) is 23.4. The zero-order chi connectivity index (χ0) is 24.4. The van der Waals surface area contributed by atoms with Crippen molar-refractivity contribution in [2.24, 2.45) is 0 Å². The van der Waals surface area contributed by atoms with Crippen LogP contribution in [0, 0.1) is 13.8 Å². The van der Waals surface area contributed by atoms with Crippen LogP contribution in [0.2, 0.25) is 0 Å². The predicted molar refractivity (Wildman–Crippen MR) is 132 cm³/mol. The second-order valence-corrected chi connectivity index (χ2v) is 9.43. The minimum absolute atomic E-state index is 0.0631. The molecule has 5 rings (SSSR count). The van der Waals surface area contributed by atoms with Crippen LogP contribution in [0.5, 0.6) is 0 Å². The van der Waals surface area contributed by atoms with Crippen molar-refractivity contribution in [1.82, 2.24) is 30.1 Å². The van der Waals surface area contributed by atoms with E-state index in [-0.39, 0.29) is 17.7 Å². The van der Waals surface area contributed by atoms with Crippen molar-refractivity contribution in [3.8, 4) is 0 Å². The zero-order valence-electron chi connectivity index (χ0n) is 20.5. The smallest absolute Gasteiger partial charge is 0.252 e. The summed E-state index contributed by atoms with van der Waals surface area (Å²) < 4.78 is 13.3. The minimum Gasteiger partial charge on any atom is -0.467 e. The number of rotatable bonds is 9. The van der Waals surface area contributed by atoms with Crippen molar-refractivity contribution in [3.05, 3.63) is 75.2 Å². The molecule has 1 saturated heterocycles. The van der Waals surface area contributed by atoms with E-state index in [1.807, 2.05) is 25.1 Å². The molecule has 4 aromatic rings. The van der Waals surface area contributed by atoms with Gasteiger partial charge in [0.15, 0.2) is 5.82 Å². The lowest BCUT2D eigenvalue weighted by atomic mass is 10.0. The molecule has 1 fully saturated rings. The average molecular weight is 477 g/mol. The Morgan fingerprint density at radius 2 is 2.17 bits per heavy atom. The molecule has 0 spiro atoms. The highest BCUT2D eigenvalue weighted by Gasteiger charge is 2.29. The monoisotopic (exact) mass is 476 g/mol. The SMILES string of the molecule is CC[C@H](c1nnnn1Cc1ccco1)N(Cc1cc2cc(C)cc(C)c2[nH]c1=O)C[C@H]1CCCO1. The van der Waals surface area contributed by atoms with Gasteiger partial charge in [0.05, 0.1) is 23.9 Å². The molecule has 0 radical (unpaired) electrons. The number of aryl methyl sites for hydroxylation is 2. The van der Waals surface area contributed by atoms with E-state index < -0.39 is 0 Å². The van der Waals surface area contributed by atoms with E-state index >= 15 is 0 Å². The average Bonchev–Trinajstić information content (AvgIpc) is 3.60. The quantitative estimate of drug-likeness (QED) is 0.391. The minimum atomic E-state index is -0.0847. The molecule has 0 amide bonds. The van der Waals surface area contributed by atoms with Crippen molar-refractivity contribution in [2.75, 3.05) is 13.2 Å². The molecule has 0 bridgehead atoms. The third-order valence-corrected chi connectivity index (χ3v) is 6.78. The number of ether oxygens (including phenoxy) is 1. The Morgan fingerprint density at radius 1 is 1.29 bits per heavy atom. The summed E-state index contributed by atoms with van der Waals surface area (Å²) >= 11 is 0. The molecule has 9 heteroatoms. The van der Waals surface area contributed by atoms with Gasteiger partial charge in [-0.15, -0.1) is 5.10 Å². The largest absolute Gasteiger partial charge is 0.467 e. The normalized spacial score (nSPS) is 17.0. The number of benzene rings is 1. The number of furan rings is 1. The molecule has 0 unspecified atom stereocenters. The van der Waals surface area contributed by atoms with Crippen LogP contribution in [0.3, 0.4) is 0 Å². The molecule has 35 heavy (non-hydrogen) atoms. The van der Waals surface area contributed by atoms with Gasteiger partial charge in [0.25, 0.3) is 5.56 Å². The highest BCUT2D eigenvalue weighted by atomic mass is 16.5. The van der Waals surface area contributed by atoms with Gasteiger partial charge in [-0.3, -0.25) is 9.69 Å². The van der Waals surface area contributed by atoms with Crippen LogP contribution in [0.4, 0.5) is 0 Å². The number of aromatic nitrogens is 5. The lowest BCUT2D eigenvalue weighted by Crippen LogP contribution is -2.37. The van der Waals surface area contributed by atoms with Crippen LogP contribution in [-0.2, 0) is 17.8 Å². The van der Waals surface area contributed by atoms with E-state index in [9.17, 15) is 4.79 Å². The molecule has 0 saturated carbocycles. The first-order chi connectivity index (χ1) is 17.0. The second kappa shape index (κ2) is 10.1. The first-order valence-corrected chi connectivity index (χ1v) is 12.3. The van der Waals surface area contributed by atoms with Gasteiger partial charge in [0, 0.05) is 25.3 Å². The second-order valence-electron chi connectivity index (χ2n) is 9.43. The van der Waals surface area contributed by atoms with Gasteiger partial charge in [0.1, 0.15) is 12.3 Å². The van der Waals surface area contributed by atoms with Crippen molar-refractivity contribution in [2.45, 2.75) is 65.3 Å². The van der Waals surface area contributed by atoms with Crippen LogP contribution < -0.4 is 5.56 Å². The van der Waals surface area contributed by atoms with Crippen LogP contribution in [0.25, 0.3) is 10.9 Å². The standard InChI is InChI=1S/C26H32N6O3/c1-4-23(25-28-29-30-32(25)16-22-8-6-10-35-22)31(15-21-7-5-9-34-21)14-20-13-19-12-17(2)11-18(3)24(19)27-26(20)33/h6,8,10-13,21,23H,4-5,7,9,14-16H2,1-3H3,(H,27,33)/t21-,23-/m1/s1. The number of aromatic amines is 1. The summed E-state index contributed by atoms with van der Waals surface area (Å²) in [5.41, 5.74) is 3.80. The van der Waals surface area contributed by atoms with Gasteiger partial charge in [-0.1, -0.05) is 18.6 Å². The molecule has 1 aromatic carbocycles. The Labute approximate surface area is 204 Å². The van der Waals surface area contributed by atoms with E-state index in [0.717, 1.165) is 59.5 Å².